The number of aromatic nitrogens is 1. The molecule has 1 saturated carbocycles. The van der Waals surface area contributed by atoms with Crippen molar-refractivity contribution in [2.24, 2.45) is 0 Å². The summed E-state index contributed by atoms with van der Waals surface area (Å²) in [5, 5.41) is 0. The van der Waals surface area contributed by atoms with Crippen LogP contribution in [0.2, 0.25) is 0 Å². The van der Waals surface area contributed by atoms with Crippen LogP contribution in [0.5, 0.6) is 0 Å². The van der Waals surface area contributed by atoms with Gasteiger partial charge in [-0.05, 0) is 87.4 Å². The third kappa shape index (κ3) is 8.03. The molecule has 0 saturated heterocycles. The van der Waals surface area contributed by atoms with Gasteiger partial charge in [0.05, 0.1) is 12.2 Å². The molecular formula is C38H43F2N3O5. The molecular weight excluding hydrogens is 616 g/mol. The number of esters is 1. The van der Waals surface area contributed by atoms with Crippen molar-refractivity contribution >= 4 is 17.9 Å². The predicted octanol–water partition coefficient (Wildman–Crippen LogP) is 8.01. The number of rotatable bonds is 9. The molecule has 5 rings (SSSR count). The van der Waals surface area contributed by atoms with Crippen molar-refractivity contribution < 1.29 is 27.8 Å². The second kappa shape index (κ2) is 14.6. The van der Waals surface area contributed by atoms with Crippen LogP contribution in [0, 0.1) is 0 Å². The fraction of sp³-hybridized carbons (Fsp3) is 0.395. The van der Waals surface area contributed by atoms with Gasteiger partial charge in [-0.15, -0.1) is 0 Å². The number of hydrogen-bond acceptors (Lipinski definition) is 6. The van der Waals surface area contributed by atoms with E-state index >= 15 is 0 Å². The van der Waals surface area contributed by atoms with Gasteiger partial charge in [-0.3, -0.25) is 14.3 Å². The van der Waals surface area contributed by atoms with Gasteiger partial charge in [-0.25, -0.2) is 18.4 Å². The third-order valence-electron chi connectivity index (χ3n) is 8.67. The van der Waals surface area contributed by atoms with Crippen molar-refractivity contribution in [3.8, 4) is 5.69 Å². The fourth-order valence-corrected chi connectivity index (χ4v) is 6.25. The number of nitrogen functional groups attached to an aromatic ring is 1. The first-order valence-corrected chi connectivity index (χ1v) is 16.4. The summed E-state index contributed by atoms with van der Waals surface area (Å²) < 4.78 is 41.4. The summed E-state index contributed by atoms with van der Waals surface area (Å²) in [4.78, 5) is 42.0. The molecule has 3 atom stereocenters. The van der Waals surface area contributed by atoms with E-state index in [0.717, 1.165) is 31.8 Å². The van der Waals surface area contributed by atoms with Gasteiger partial charge in [0.2, 0.25) is 0 Å². The highest BCUT2D eigenvalue weighted by molar-refractivity contribution is 5.83. The van der Waals surface area contributed by atoms with E-state index in [2.05, 4.69) is 0 Å². The number of amides is 1. The molecule has 1 fully saturated rings. The molecule has 0 bridgehead atoms. The standard InChI is InChI=1S/C38H43F2N3O5/c1-24(30-19-16-27(39)22-32(30)40)31-20-21-33(44)43(35(31)41)28-17-14-25(15-18-28)23-42(37(46)48-38(2,3)4)34(26-10-6-5-7-11-26)36(45)47-29-12-8-9-13-29/h5-7,10-11,14-15,17-22,24,27,29,34H,8-9,12-13,16,23,41H2,1-4H3. The second-order valence-electron chi connectivity index (χ2n) is 13.4. The molecule has 1 aromatic heterocycles. The maximum atomic E-state index is 14.7. The van der Waals surface area contributed by atoms with Crippen LogP contribution in [0.1, 0.15) is 88.4 Å². The van der Waals surface area contributed by atoms with Gasteiger partial charge in [0.15, 0.2) is 6.04 Å². The van der Waals surface area contributed by atoms with Gasteiger partial charge in [-0.1, -0.05) is 55.5 Å². The maximum Gasteiger partial charge on any atom is 0.411 e. The van der Waals surface area contributed by atoms with Crippen LogP contribution < -0.4 is 11.3 Å². The lowest BCUT2D eigenvalue weighted by Crippen LogP contribution is -2.43. The van der Waals surface area contributed by atoms with Crippen LogP contribution in [-0.2, 0) is 20.8 Å². The predicted molar refractivity (Wildman–Crippen MR) is 181 cm³/mol. The number of carbonyl (C=O) groups excluding carboxylic acids is 2. The van der Waals surface area contributed by atoms with Crippen LogP contribution >= 0.6 is 0 Å². The number of anilines is 1. The van der Waals surface area contributed by atoms with E-state index < -0.39 is 41.6 Å². The van der Waals surface area contributed by atoms with Gasteiger partial charge in [0.25, 0.3) is 5.56 Å². The first-order chi connectivity index (χ1) is 22.8. The Bertz CT molecular complexity index is 1740. The molecule has 8 nitrogen and oxygen atoms in total. The number of benzene rings is 2. The molecule has 48 heavy (non-hydrogen) atoms. The first-order valence-electron chi connectivity index (χ1n) is 16.4. The van der Waals surface area contributed by atoms with Crippen LogP contribution in [0.4, 0.5) is 19.4 Å². The molecule has 254 valence electrons. The smallest absolute Gasteiger partial charge is 0.411 e. The van der Waals surface area contributed by atoms with Crippen molar-refractivity contribution in [1.29, 1.82) is 0 Å². The molecule has 3 unspecified atom stereocenters. The Hall–Kier alpha value is -4.73. The van der Waals surface area contributed by atoms with Gasteiger partial charge in [0, 0.05) is 24.0 Å². The van der Waals surface area contributed by atoms with Crippen molar-refractivity contribution in [3.63, 3.8) is 0 Å². The summed E-state index contributed by atoms with van der Waals surface area (Å²) in [7, 11) is 0. The molecule has 10 heteroatoms. The molecule has 2 N–H and O–H groups in total. The largest absolute Gasteiger partial charge is 0.461 e. The average Bonchev–Trinajstić information content (AvgIpc) is 3.54. The number of carbonyl (C=O) groups is 2. The maximum absolute atomic E-state index is 14.7. The number of ether oxygens (including phenoxy) is 2. The summed E-state index contributed by atoms with van der Waals surface area (Å²) in [6.45, 7) is 7.04. The molecule has 1 amide bonds. The molecule has 3 aromatic rings. The quantitative estimate of drug-likeness (QED) is 0.234. The summed E-state index contributed by atoms with van der Waals surface area (Å²) in [5.41, 5.74) is 7.86. The van der Waals surface area contributed by atoms with E-state index in [1.165, 1.54) is 21.6 Å². The highest BCUT2D eigenvalue weighted by Crippen LogP contribution is 2.36. The lowest BCUT2D eigenvalue weighted by atomic mass is 9.88. The second-order valence-corrected chi connectivity index (χ2v) is 13.4. The molecule has 0 radical (unpaired) electrons. The SMILES string of the molecule is CC(C1=CCC(F)C=C1F)c1ccc(=O)n(-c2ccc(CN(C(=O)OC(C)(C)C)C(C(=O)OC3CCCC3)c3ccccc3)cc2)c1N. The molecule has 0 spiro atoms. The Morgan fingerprint density at radius 3 is 2.31 bits per heavy atom. The van der Waals surface area contributed by atoms with Gasteiger partial charge in [0.1, 0.15) is 29.5 Å². The summed E-state index contributed by atoms with van der Waals surface area (Å²) >= 11 is 0. The number of hydrogen-bond donors (Lipinski definition) is 1. The van der Waals surface area contributed by atoms with Crippen molar-refractivity contribution in [1.82, 2.24) is 9.47 Å². The Morgan fingerprint density at radius 1 is 1.02 bits per heavy atom. The van der Waals surface area contributed by atoms with Crippen molar-refractivity contribution in [2.45, 2.75) is 96.2 Å². The third-order valence-corrected chi connectivity index (χ3v) is 8.67. The van der Waals surface area contributed by atoms with Gasteiger partial charge < -0.3 is 15.2 Å². The Morgan fingerprint density at radius 2 is 1.69 bits per heavy atom. The number of pyridine rings is 1. The van der Waals surface area contributed by atoms with Crippen molar-refractivity contribution in [3.05, 3.63) is 117 Å². The molecule has 2 aromatic carbocycles. The normalized spacial score (nSPS) is 18.0. The number of nitrogens with two attached hydrogens (primary N) is 1. The monoisotopic (exact) mass is 659 g/mol. The zero-order valence-electron chi connectivity index (χ0n) is 27.8. The lowest BCUT2D eigenvalue weighted by molar-refractivity contribution is -0.155. The molecule has 2 aliphatic rings. The Labute approximate surface area is 279 Å². The number of alkyl halides is 1. The van der Waals surface area contributed by atoms with Crippen LogP contribution in [0.25, 0.3) is 5.69 Å². The van der Waals surface area contributed by atoms with Gasteiger partial charge in [-0.2, -0.15) is 0 Å². The number of allylic oxidation sites excluding steroid dienone is 4. The van der Waals surface area contributed by atoms with E-state index in [9.17, 15) is 23.2 Å². The Balaban J connectivity index is 1.47. The summed E-state index contributed by atoms with van der Waals surface area (Å²) in [5.74, 6) is -1.56. The van der Waals surface area contributed by atoms with Crippen molar-refractivity contribution in [2.75, 3.05) is 5.73 Å². The summed E-state index contributed by atoms with van der Waals surface area (Å²) in [6, 6.07) is 17.7. The van der Waals surface area contributed by atoms with E-state index in [1.807, 2.05) is 6.07 Å². The summed E-state index contributed by atoms with van der Waals surface area (Å²) in [6.07, 6.45) is 3.82. The topological polar surface area (TPSA) is 104 Å². The van der Waals surface area contributed by atoms with Crippen LogP contribution in [-0.4, -0.2) is 39.4 Å². The number of nitrogens with zero attached hydrogens (tertiary/aromatic N) is 2. The van der Waals surface area contributed by atoms with E-state index in [4.69, 9.17) is 15.2 Å². The minimum Gasteiger partial charge on any atom is -0.461 e. The number of halogens is 2. The van der Waals surface area contributed by atoms with Crippen LogP contribution in [0.15, 0.2) is 95.1 Å². The minimum absolute atomic E-state index is 0.00527. The Kier molecular flexibility index (Phi) is 10.5. The van der Waals surface area contributed by atoms with Gasteiger partial charge >= 0.3 is 12.1 Å². The van der Waals surface area contributed by atoms with E-state index in [0.29, 0.717) is 28.0 Å². The zero-order valence-corrected chi connectivity index (χ0v) is 27.8. The molecule has 2 aliphatic carbocycles. The van der Waals surface area contributed by atoms with E-state index in [-0.39, 0.29) is 30.4 Å². The average molecular weight is 660 g/mol. The minimum atomic E-state index is -1.38. The van der Waals surface area contributed by atoms with Crippen LogP contribution in [0.3, 0.4) is 0 Å². The molecule has 0 aliphatic heterocycles. The zero-order chi connectivity index (χ0) is 34.6. The molecule has 1 heterocycles. The first kappa shape index (κ1) is 34.6. The lowest BCUT2D eigenvalue weighted by Gasteiger charge is -2.33. The van der Waals surface area contributed by atoms with E-state index in [1.54, 1.807) is 82.3 Å². The highest BCUT2D eigenvalue weighted by Gasteiger charge is 2.37. The fourth-order valence-electron chi connectivity index (χ4n) is 6.25. The highest BCUT2D eigenvalue weighted by atomic mass is 19.1.